The molecular formula is C59H45N11O3S. The van der Waals surface area contributed by atoms with E-state index in [0.717, 1.165) is 89.4 Å². The molecule has 360 valence electrons. The van der Waals surface area contributed by atoms with Crippen LogP contribution in [-0.2, 0) is 9.84 Å². The fraction of sp³-hybridized carbons (Fsp3) is 0. The maximum absolute atomic E-state index is 13.3. The largest absolute Gasteiger partial charge is 0.370 e. The zero-order valence-corrected chi connectivity index (χ0v) is 40.1. The number of H-pyrrole nitrogens is 2. The van der Waals surface area contributed by atoms with Crippen molar-refractivity contribution in [1.82, 2.24) is 25.3 Å². The molecule has 0 fully saturated rings. The summed E-state index contributed by atoms with van der Waals surface area (Å²) in [7, 11) is -3.86. The van der Waals surface area contributed by atoms with Gasteiger partial charge in [0.15, 0.2) is 5.96 Å². The van der Waals surface area contributed by atoms with Crippen LogP contribution in [0.3, 0.4) is 0 Å². The SMILES string of the molecule is N=C(N)Nc1ccc(S(=O)(=O)c2ccc(NC(=N)NC(=O)Nc3ccc(-c4c5nc(c(-c6ccccc6)c6ccc([nH]6)c(-c6ccccc6)c6nc(c(-c7ccccc7)c7ccc4[nH]7)C=C6)C=C5)cc3)cc2)cc1. The lowest BCUT2D eigenvalue weighted by Crippen LogP contribution is -2.38. The van der Waals surface area contributed by atoms with E-state index < -0.39 is 15.9 Å². The first-order valence-electron chi connectivity index (χ1n) is 23.5. The Labute approximate surface area is 425 Å². The van der Waals surface area contributed by atoms with Gasteiger partial charge in [-0.2, -0.15) is 0 Å². The molecule has 11 rings (SSSR count). The number of amides is 2. The molecule has 8 bridgehead atoms. The molecule has 0 aliphatic carbocycles. The van der Waals surface area contributed by atoms with Crippen molar-refractivity contribution in [3.63, 3.8) is 0 Å². The molecule has 0 atom stereocenters. The molecule has 74 heavy (non-hydrogen) atoms. The van der Waals surface area contributed by atoms with Gasteiger partial charge in [-0.25, -0.2) is 23.2 Å². The molecule has 10 N–H and O–H groups in total. The Hall–Kier alpha value is -10.1. The standard InChI is InChI=1S/C59H45N11O3S/c60-57(61)63-40-20-24-43(25-21-40)74(72,73)44-26-22-41(23-27-44)64-58(62)70-59(71)65-42-18-16-39(17-19-42)56-51-34-32-49(68-51)54(37-12-6-2-7-13-37)47-30-28-45(66-47)53(36-10-4-1-5-11-36)46-29-31-48(67-46)55(38-14-8-3-9-15-38)50-33-35-52(56)69-50/h1-35,66,69H,(H4,60,61,63)(H4,62,64,65,70,71). The Morgan fingerprint density at radius 2 is 0.743 bits per heavy atom. The van der Waals surface area contributed by atoms with Crippen molar-refractivity contribution in [3.05, 3.63) is 211 Å². The minimum absolute atomic E-state index is 0.0359. The lowest BCUT2D eigenvalue weighted by molar-refractivity contribution is 0.256. The first-order chi connectivity index (χ1) is 36.0. The van der Waals surface area contributed by atoms with Gasteiger partial charge >= 0.3 is 6.03 Å². The van der Waals surface area contributed by atoms with Crippen LogP contribution in [0.2, 0.25) is 0 Å². The number of benzene rings is 6. The monoisotopic (exact) mass is 987 g/mol. The first kappa shape index (κ1) is 46.3. The summed E-state index contributed by atoms with van der Waals surface area (Å²) < 4.78 is 26.6. The Kier molecular flexibility index (Phi) is 12.2. The van der Waals surface area contributed by atoms with Gasteiger partial charge in [0, 0.05) is 61.4 Å². The number of rotatable bonds is 9. The first-order valence-corrected chi connectivity index (χ1v) is 25.0. The van der Waals surface area contributed by atoms with Gasteiger partial charge in [0.05, 0.1) is 32.6 Å². The predicted molar refractivity (Wildman–Crippen MR) is 298 cm³/mol. The Balaban J connectivity index is 0.931. The van der Waals surface area contributed by atoms with Gasteiger partial charge in [-0.3, -0.25) is 16.1 Å². The van der Waals surface area contributed by atoms with Crippen molar-refractivity contribution in [2.45, 2.75) is 9.79 Å². The normalized spacial score (nSPS) is 11.7. The highest BCUT2D eigenvalue weighted by Gasteiger charge is 2.21. The summed E-state index contributed by atoms with van der Waals surface area (Å²) in [6, 6.07) is 57.6. The summed E-state index contributed by atoms with van der Waals surface area (Å²) >= 11 is 0. The van der Waals surface area contributed by atoms with E-state index in [-0.39, 0.29) is 21.7 Å². The van der Waals surface area contributed by atoms with Crippen LogP contribution in [0.5, 0.6) is 0 Å². The molecule has 2 aliphatic rings. The van der Waals surface area contributed by atoms with Crippen molar-refractivity contribution in [3.8, 4) is 44.5 Å². The van der Waals surface area contributed by atoms with Crippen molar-refractivity contribution < 1.29 is 13.2 Å². The number of sulfone groups is 1. The third kappa shape index (κ3) is 9.44. The van der Waals surface area contributed by atoms with Crippen molar-refractivity contribution in [1.29, 1.82) is 10.8 Å². The van der Waals surface area contributed by atoms with Crippen LogP contribution in [0.1, 0.15) is 22.8 Å². The number of hydrogen-bond acceptors (Lipinski definition) is 7. The number of anilines is 3. The van der Waals surface area contributed by atoms with Gasteiger partial charge in [-0.1, -0.05) is 103 Å². The lowest BCUT2D eigenvalue weighted by Gasteiger charge is -2.12. The third-order valence-corrected chi connectivity index (χ3v) is 14.3. The smallest absolute Gasteiger partial charge is 0.325 e. The number of aromatic nitrogens is 4. The quantitative estimate of drug-likeness (QED) is 0.0498. The average molecular weight is 988 g/mol. The maximum Gasteiger partial charge on any atom is 0.325 e. The highest BCUT2D eigenvalue weighted by atomic mass is 32.2. The maximum atomic E-state index is 13.3. The van der Waals surface area contributed by atoms with Gasteiger partial charge in [0.2, 0.25) is 15.8 Å². The summed E-state index contributed by atoms with van der Waals surface area (Å²) in [4.78, 5) is 31.6. The molecule has 0 radical (unpaired) electrons. The minimum atomic E-state index is -3.86. The van der Waals surface area contributed by atoms with E-state index in [2.05, 4.69) is 104 Å². The fourth-order valence-corrected chi connectivity index (χ4v) is 10.4. The van der Waals surface area contributed by atoms with Crippen LogP contribution >= 0.6 is 0 Å². The van der Waals surface area contributed by atoms with Crippen molar-refractivity contribution >= 4 is 91.2 Å². The van der Waals surface area contributed by atoms with E-state index in [1.54, 1.807) is 12.1 Å². The number of guanidine groups is 2. The fourth-order valence-electron chi connectivity index (χ4n) is 9.13. The Morgan fingerprint density at radius 3 is 1.11 bits per heavy atom. The predicted octanol–water partition coefficient (Wildman–Crippen LogP) is 12.6. The van der Waals surface area contributed by atoms with E-state index in [4.69, 9.17) is 26.5 Å². The summed E-state index contributed by atoms with van der Waals surface area (Å²) in [6.07, 6.45) is 8.23. The molecule has 9 aromatic rings. The molecule has 0 saturated heterocycles. The number of nitrogens with zero attached hydrogens (tertiary/aromatic N) is 2. The number of carbonyl (C=O) groups is 1. The highest BCUT2D eigenvalue weighted by Crippen LogP contribution is 2.39. The summed E-state index contributed by atoms with van der Waals surface area (Å²) in [5.41, 5.74) is 20.9. The van der Waals surface area contributed by atoms with E-state index >= 15 is 0 Å². The number of hydrogen-bond donors (Lipinski definition) is 9. The topological polar surface area (TPSA) is 230 Å². The van der Waals surface area contributed by atoms with Gasteiger partial charge in [0.1, 0.15) is 0 Å². The molecule has 6 aromatic carbocycles. The molecular weight excluding hydrogens is 943 g/mol. The zero-order valence-electron chi connectivity index (χ0n) is 39.3. The molecule has 14 nitrogen and oxygen atoms in total. The molecule has 2 amide bonds. The highest BCUT2D eigenvalue weighted by molar-refractivity contribution is 7.91. The summed E-state index contributed by atoms with van der Waals surface area (Å²) in [5, 5.41) is 26.5. The number of aromatic amines is 2. The molecule has 2 aliphatic heterocycles. The number of nitrogens with two attached hydrogens (primary N) is 1. The van der Waals surface area contributed by atoms with Crippen molar-refractivity contribution in [2.24, 2.45) is 5.73 Å². The van der Waals surface area contributed by atoms with Crippen LogP contribution in [0.15, 0.2) is 198 Å². The molecule has 5 heterocycles. The molecule has 0 spiro atoms. The molecule has 0 unspecified atom stereocenters. The Morgan fingerprint density at radius 1 is 0.419 bits per heavy atom. The van der Waals surface area contributed by atoms with Crippen LogP contribution in [0.4, 0.5) is 21.9 Å². The van der Waals surface area contributed by atoms with Crippen LogP contribution in [-0.4, -0.2) is 46.3 Å². The summed E-state index contributed by atoms with van der Waals surface area (Å²) in [5.74, 6) is -0.596. The minimum Gasteiger partial charge on any atom is -0.370 e. The van der Waals surface area contributed by atoms with E-state index in [9.17, 15) is 13.2 Å². The van der Waals surface area contributed by atoms with E-state index in [0.29, 0.717) is 17.1 Å². The summed E-state index contributed by atoms with van der Waals surface area (Å²) in [6.45, 7) is 0. The van der Waals surface area contributed by atoms with Gasteiger partial charge < -0.3 is 31.7 Å². The number of nitrogens with one attached hydrogen (secondary N) is 8. The molecule has 15 heteroatoms. The van der Waals surface area contributed by atoms with Crippen LogP contribution in [0.25, 0.3) is 90.9 Å². The second-order valence-electron chi connectivity index (χ2n) is 17.3. The second kappa shape index (κ2) is 19.6. The number of fused-ring (bicyclic) bond motifs is 8. The second-order valence-corrected chi connectivity index (χ2v) is 19.3. The van der Waals surface area contributed by atoms with Gasteiger partial charge in [0.25, 0.3) is 0 Å². The molecule has 0 saturated carbocycles. The van der Waals surface area contributed by atoms with E-state index in [1.165, 1.54) is 48.5 Å². The third-order valence-electron chi connectivity index (χ3n) is 12.5. The average Bonchev–Trinajstić information content (AvgIpc) is 4.27. The van der Waals surface area contributed by atoms with Crippen molar-refractivity contribution in [2.75, 3.05) is 16.0 Å². The molecule has 3 aromatic heterocycles. The van der Waals surface area contributed by atoms with Gasteiger partial charge in [-0.15, -0.1) is 0 Å². The zero-order chi connectivity index (χ0) is 50.8. The Bertz CT molecular complexity index is 3970. The lowest BCUT2D eigenvalue weighted by atomic mass is 10.0. The van der Waals surface area contributed by atoms with Crippen LogP contribution < -0.4 is 27.0 Å². The van der Waals surface area contributed by atoms with Gasteiger partial charge in [-0.05, 0) is 131 Å². The van der Waals surface area contributed by atoms with E-state index in [1.807, 2.05) is 78.9 Å². The number of urea groups is 1. The van der Waals surface area contributed by atoms with Crippen LogP contribution in [0, 0.1) is 10.8 Å². The number of carbonyl (C=O) groups excluding carboxylic acids is 1.